The third-order valence-corrected chi connectivity index (χ3v) is 5.21. The van der Waals surface area contributed by atoms with Crippen molar-refractivity contribution < 1.29 is 5.11 Å². The molecule has 0 amide bonds. The van der Waals surface area contributed by atoms with Gasteiger partial charge in [0.15, 0.2) is 0 Å². The molecular weight excluding hydrogens is 258 g/mol. The minimum absolute atomic E-state index is 0.488. The van der Waals surface area contributed by atoms with Gasteiger partial charge in [0.2, 0.25) is 0 Å². The average Bonchev–Trinajstić information content (AvgIpc) is 2.42. The lowest BCUT2D eigenvalue weighted by atomic mass is 9.78. The summed E-state index contributed by atoms with van der Waals surface area (Å²) >= 11 is 0. The summed E-state index contributed by atoms with van der Waals surface area (Å²) in [6, 6.07) is 4.48. The van der Waals surface area contributed by atoms with Gasteiger partial charge in [0.05, 0.1) is 5.60 Å². The molecule has 0 saturated heterocycles. The molecule has 118 valence electrons. The summed E-state index contributed by atoms with van der Waals surface area (Å²) in [5.74, 6) is 0.826. The summed E-state index contributed by atoms with van der Waals surface area (Å²) in [4.78, 5) is 0. The van der Waals surface area contributed by atoms with Crippen LogP contribution in [0.3, 0.4) is 0 Å². The smallest absolute Gasteiger partial charge is 0.0771 e. The van der Waals surface area contributed by atoms with Crippen LogP contribution in [-0.2, 0) is 6.54 Å². The topological polar surface area (TPSA) is 32.3 Å². The first-order chi connectivity index (χ1) is 9.93. The van der Waals surface area contributed by atoms with Crippen molar-refractivity contribution in [3.05, 3.63) is 34.4 Å². The fourth-order valence-corrected chi connectivity index (χ4v) is 3.71. The standard InChI is InChI=1S/C19H31NO/c1-5-17-6-8-19(21,9-7-17)13-20-12-18-15(3)10-14(2)11-16(18)4/h10-11,17,20-21H,5-9,12-13H2,1-4H3. The first-order valence-corrected chi connectivity index (χ1v) is 8.43. The Morgan fingerprint density at radius 1 is 1.14 bits per heavy atom. The van der Waals surface area contributed by atoms with Crippen LogP contribution in [0.5, 0.6) is 0 Å². The maximum Gasteiger partial charge on any atom is 0.0771 e. The molecule has 0 radical (unpaired) electrons. The summed E-state index contributed by atoms with van der Waals surface area (Å²) in [6.45, 7) is 10.3. The lowest BCUT2D eigenvalue weighted by Gasteiger charge is -2.36. The molecule has 0 aromatic heterocycles. The normalized spacial score (nSPS) is 26.0. The number of benzene rings is 1. The molecule has 0 spiro atoms. The Morgan fingerprint density at radius 3 is 2.24 bits per heavy atom. The zero-order valence-corrected chi connectivity index (χ0v) is 14.1. The molecule has 21 heavy (non-hydrogen) atoms. The largest absolute Gasteiger partial charge is 0.389 e. The van der Waals surface area contributed by atoms with E-state index in [0.29, 0.717) is 0 Å². The molecule has 1 fully saturated rings. The van der Waals surface area contributed by atoms with E-state index in [9.17, 15) is 5.11 Å². The summed E-state index contributed by atoms with van der Waals surface area (Å²) in [6.07, 6.45) is 5.51. The van der Waals surface area contributed by atoms with Crippen molar-refractivity contribution in [3.8, 4) is 0 Å². The molecule has 2 heteroatoms. The minimum Gasteiger partial charge on any atom is -0.389 e. The second-order valence-corrected chi connectivity index (χ2v) is 7.06. The maximum atomic E-state index is 10.7. The van der Waals surface area contributed by atoms with Crippen molar-refractivity contribution >= 4 is 0 Å². The van der Waals surface area contributed by atoms with E-state index < -0.39 is 5.60 Å². The molecule has 1 aromatic rings. The van der Waals surface area contributed by atoms with E-state index >= 15 is 0 Å². The van der Waals surface area contributed by atoms with Gasteiger partial charge in [0.1, 0.15) is 0 Å². The summed E-state index contributed by atoms with van der Waals surface area (Å²) in [5.41, 5.74) is 4.91. The van der Waals surface area contributed by atoms with Crippen molar-refractivity contribution in [1.29, 1.82) is 0 Å². The molecule has 2 rings (SSSR count). The van der Waals surface area contributed by atoms with Crippen LogP contribution in [0.15, 0.2) is 12.1 Å². The highest BCUT2D eigenvalue weighted by molar-refractivity contribution is 5.37. The van der Waals surface area contributed by atoms with Crippen LogP contribution < -0.4 is 5.32 Å². The van der Waals surface area contributed by atoms with E-state index in [1.807, 2.05) is 0 Å². The molecule has 1 aromatic carbocycles. The highest BCUT2D eigenvalue weighted by Crippen LogP contribution is 2.33. The predicted molar refractivity (Wildman–Crippen MR) is 89.6 cm³/mol. The number of nitrogens with one attached hydrogen (secondary N) is 1. The van der Waals surface area contributed by atoms with Crippen LogP contribution >= 0.6 is 0 Å². The van der Waals surface area contributed by atoms with Crippen molar-refractivity contribution in [2.24, 2.45) is 5.92 Å². The van der Waals surface area contributed by atoms with Gasteiger partial charge in [-0.15, -0.1) is 0 Å². The monoisotopic (exact) mass is 289 g/mol. The van der Waals surface area contributed by atoms with Crippen LogP contribution in [0.25, 0.3) is 0 Å². The molecule has 0 aliphatic heterocycles. The lowest BCUT2D eigenvalue weighted by Crippen LogP contribution is -2.43. The number of hydrogen-bond donors (Lipinski definition) is 2. The first kappa shape index (κ1) is 16.5. The fraction of sp³-hybridized carbons (Fsp3) is 0.684. The zero-order valence-electron chi connectivity index (χ0n) is 14.1. The molecule has 0 heterocycles. The van der Waals surface area contributed by atoms with Crippen molar-refractivity contribution in [1.82, 2.24) is 5.32 Å². The highest BCUT2D eigenvalue weighted by Gasteiger charge is 2.32. The Kier molecular flexibility index (Phi) is 5.45. The summed E-state index contributed by atoms with van der Waals surface area (Å²) in [7, 11) is 0. The number of rotatable bonds is 5. The van der Waals surface area contributed by atoms with Gasteiger partial charge >= 0.3 is 0 Å². The quantitative estimate of drug-likeness (QED) is 0.857. The van der Waals surface area contributed by atoms with Crippen molar-refractivity contribution in [2.45, 2.75) is 71.9 Å². The van der Waals surface area contributed by atoms with Gasteiger partial charge in [-0.1, -0.05) is 31.0 Å². The highest BCUT2D eigenvalue weighted by atomic mass is 16.3. The molecule has 1 aliphatic carbocycles. The molecule has 0 atom stereocenters. The van der Waals surface area contributed by atoms with E-state index in [1.165, 1.54) is 41.5 Å². The van der Waals surface area contributed by atoms with Crippen molar-refractivity contribution in [3.63, 3.8) is 0 Å². The van der Waals surface area contributed by atoms with E-state index in [0.717, 1.165) is 31.8 Å². The minimum atomic E-state index is -0.488. The van der Waals surface area contributed by atoms with Crippen molar-refractivity contribution in [2.75, 3.05) is 6.54 Å². The van der Waals surface area contributed by atoms with E-state index in [4.69, 9.17) is 0 Å². The van der Waals surface area contributed by atoms with Crippen LogP contribution in [0.1, 0.15) is 61.3 Å². The van der Waals surface area contributed by atoms with Crippen LogP contribution in [-0.4, -0.2) is 17.3 Å². The van der Waals surface area contributed by atoms with Gasteiger partial charge in [0.25, 0.3) is 0 Å². The van der Waals surface area contributed by atoms with E-state index in [2.05, 4.69) is 45.1 Å². The summed E-state index contributed by atoms with van der Waals surface area (Å²) in [5, 5.41) is 14.2. The molecule has 0 unspecified atom stereocenters. The SMILES string of the molecule is CCC1CCC(O)(CNCc2c(C)cc(C)cc2C)CC1. The van der Waals surface area contributed by atoms with Gasteiger partial charge in [-0.3, -0.25) is 0 Å². The Labute approximate surface area is 130 Å². The molecule has 0 bridgehead atoms. The third kappa shape index (κ3) is 4.31. The number of hydrogen-bond acceptors (Lipinski definition) is 2. The molecular formula is C19H31NO. The Balaban J connectivity index is 1.87. The van der Waals surface area contributed by atoms with Crippen LogP contribution in [0, 0.1) is 26.7 Å². The predicted octanol–water partition coefficient (Wildman–Crippen LogP) is 4.03. The van der Waals surface area contributed by atoms with Gasteiger partial charge in [-0.25, -0.2) is 0 Å². The Bertz CT molecular complexity index is 449. The lowest BCUT2D eigenvalue weighted by molar-refractivity contribution is -0.00883. The van der Waals surface area contributed by atoms with Gasteiger partial charge in [0, 0.05) is 13.1 Å². The maximum absolute atomic E-state index is 10.7. The van der Waals surface area contributed by atoms with E-state index in [1.54, 1.807) is 0 Å². The molecule has 1 saturated carbocycles. The van der Waals surface area contributed by atoms with Gasteiger partial charge in [-0.05, 0) is 69.1 Å². The first-order valence-electron chi connectivity index (χ1n) is 8.43. The number of aliphatic hydroxyl groups is 1. The molecule has 2 N–H and O–H groups in total. The van der Waals surface area contributed by atoms with E-state index in [-0.39, 0.29) is 0 Å². The summed E-state index contributed by atoms with van der Waals surface area (Å²) < 4.78 is 0. The molecule has 1 aliphatic rings. The number of aryl methyl sites for hydroxylation is 3. The van der Waals surface area contributed by atoms with Crippen LogP contribution in [0.2, 0.25) is 0 Å². The van der Waals surface area contributed by atoms with Gasteiger partial charge < -0.3 is 10.4 Å². The Morgan fingerprint density at radius 2 is 1.71 bits per heavy atom. The van der Waals surface area contributed by atoms with Crippen LogP contribution in [0.4, 0.5) is 0 Å². The Hall–Kier alpha value is -0.860. The third-order valence-electron chi connectivity index (χ3n) is 5.21. The fourth-order valence-electron chi connectivity index (χ4n) is 3.71. The average molecular weight is 289 g/mol. The van der Waals surface area contributed by atoms with Gasteiger partial charge in [-0.2, -0.15) is 0 Å². The second-order valence-electron chi connectivity index (χ2n) is 7.06. The second kappa shape index (κ2) is 6.93. The zero-order chi connectivity index (χ0) is 15.5. The molecule has 2 nitrogen and oxygen atoms in total.